The minimum atomic E-state index is -0.522. The van der Waals surface area contributed by atoms with Crippen LogP contribution in [0.5, 0.6) is 17.4 Å². The Morgan fingerprint density at radius 2 is 1.84 bits per heavy atom. The van der Waals surface area contributed by atoms with Gasteiger partial charge in [-0.1, -0.05) is 12.6 Å². The van der Waals surface area contributed by atoms with Crippen molar-refractivity contribution in [3.05, 3.63) is 97.5 Å². The summed E-state index contributed by atoms with van der Waals surface area (Å²) in [5.41, 5.74) is 4.36. The lowest BCUT2D eigenvalue weighted by Gasteiger charge is -2.32. The number of aromatic nitrogens is 4. The van der Waals surface area contributed by atoms with E-state index >= 15 is 4.39 Å². The molecule has 5 aromatic rings. The van der Waals surface area contributed by atoms with Gasteiger partial charge in [-0.25, -0.2) is 19.3 Å². The van der Waals surface area contributed by atoms with Crippen LogP contribution in [0.2, 0.25) is 0 Å². The van der Waals surface area contributed by atoms with E-state index in [2.05, 4.69) is 37.1 Å². The number of amides is 1. The van der Waals surface area contributed by atoms with Crippen LogP contribution in [0, 0.1) is 12.7 Å². The van der Waals surface area contributed by atoms with Crippen molar-refractivity contribution in [1.29, 1.82) is 0 Å². The topological polar surface area (TPSA) is 114 Å². The van der Waals surface area contributed by atoms with Gasteiger partial charge < -0.3 is 25.0 Å². The smallest absolute Gasteiger partial charge is 0.245 e. The number of ether oxygens (including phenoxy) is 2. The molecule has 6 rings (SSSR count). The summed E-state index contributed by atoms with van der Waals surface area (Å²) in [6.07, 6.45) is 7.75. The van der Waals surface area contributed by atoms with Gasteiger partial charge in [0.1, 0.15) is 29.5 Å². The lowest BCUT2D eigenvalue weighted by Crippen LogP contribution is -2.41. The molecule has 0 spiro atoms. The van der Waals surface area contributed by atoms with Crippen molar-refractivity contribution in [2.45, 2.75) is 25.8 Å². The van der Waals surface area contributed by atoms with Gasteiger partial charge in [0.25, 0.3) is 0 Å². The van der Waals surface area contributed by atoms with Gasteiger partial charge in [-0.05, 0) is 61.7 Å². The van der Waals surface area contributed by atoms with Crippen LogP contribution < -0.4 is 20.1 Å². The zero-order valence-corrected chi connectivity index (χ0v) is 25.0. The average Bonchev–Trinajstić information content (AvgIpc) is 3.06. The Bertz CT molecular complexity index is 1860. The second-order valence-electron chi connectivity index (χ2n) is 10.7. The lowest BCUT2D eigenvalue weighted by molar-refractivity contribution is -0.126. The molecule has 11 heteroatoms. The third-order valence-electron chi connectivity index (χ3n) is 7.69. The van der Waals surface area contributed by atoms with E-state index in [0.29, 0.717) is 47.2 Å². The number of benzene rings is 2. The van der Waals surface area contributed by atoms with Crippen molar-refractivity contribution in [2.75, 3.05) is 30.8 Å². The third kappa shape index (κ3) is 6.67. The lowest BCUT2D eigenvalue weighted by atomic mass is 10.0. The summed E-state index contributed by atoms with van der Waals surface area (Å²) in [4.78, 5) is 31.2. The van der Waals surface area contributed by atoms with E-state index in [0.717, 1.165) is 35.3 Å². The molecule has 10 nitrogen and oxygen atoms in total. The molecule has 0 aliphatic carbocycles. The summed E-state index contributed by atoms with van der Waals surface area (Å²) in [6, 6.07) is 16.0. The zero-order chi connectivity index (χ0) is 31.3. The second-order valence-corrected chi connectivity index (χ2v) is 10.7. The summed E-state index contributed by atoms with van der Waals surface area (Å²) in [5.74, 6) is 1.12. The molecule has 0 bridgehead atoms. The predicted octanol–water partition coefficient (Wildman–Crippen LogP) is 6.67. The Labute approximate surface area is 260 Å². The van der Waals surface area contributed by atoms with Crippen molar-refractivity contribution in [3.8, 4) is 28.5 Å². The molecule has 1 amide bonds. The molecule has 1 saturated heterocycles. The molecular weight excluding hydrogens is 573 g/mol. The molecule has 2 N–H and O–H groups in total. The molecule has 45 heavy (non-hydrogen) atoms. The largest absolute Gasteiger partial charge is 0.495 e. The molecule has 1 fully saturated rings. The van der Waals surface area contributed by atoms with E-state index in [1.807, 2.05) is 37.3 Å². The number of nitrogens with zero attached hydrogens (tertiary/aromatic N) is 5. The maximum Gasteiger partial charge on any atom is 0.245 e. The van der Waals surface area contributed by atoms with Gasteiger partial charge in [-0.3, -0.25) is 9.78 Å². The first-order valence-corrected chi connectivity index (χ1v) is 14.5. The molecule has 1 aliphatic rings. The van der Waals surface area contributed by atoms with Gasteiger partial charge in [0.05, 0.1) is 24.0 Å². The summed E-state index contributed by atoms with van der Waals surface area (Å²) >= 11 is 0. The van der Waals surface area contributed by atoms with Crippen LogP contribution in [-0.4, -0.2) is 57.0 Å². The van der Waals surface area contributed by atoms with Crippen LogP contribution in [-0.2, 0) is 4.79 Å². The normalized spacial score (nSPS) is 13.4. The molecule has 3 aromatic heterocycles. The number of aryl methyl sites for hydroxylation is 1. The van der Waals surface area contributed by atoms with Crippen LogP contribution in [0.1, 0.15) is 18.5 Å². The summed E-state index contributed by atoms with van der Waals surface area (Å²) in [7, 11) is 1.60. The van der Waals surface area contributed by atoms with Gasteiger partial charge in [-0.15, -0.1) is 0 Å². The number of halogens is 1. The number of methoxy groups -OCH3 is 1. The van der Waals surface area contributed by atoms with E-state index in [1.165, 1.54) is 18.5 Å². The first kappa shape index (κ1) is 29.5. The Hall–Kier alpha value is -5.58. The van der Waals surface area contributed by atoms with Gasteiger partial charge in [-0.2, -0.15) is 0 Å². The number of hydrogen-bond donors (Lipinski definition) is 2. The molecule has 1 aliphatic heterocycles. The molecule has 228 valence electrons. The quantitative estimate of drug-likeness (QED) is 0.178. The Kier molecular flexibility index (Phi) is 8.50. The van der Waals surface area contributed by atoms with Crippen LogP contribution >= 0.6 is 0 Å². The van der Waals surface area contributed by atoms with Crippen LogP contribution in [0.25, 0.3) is 22.0 Å². The van der Waals surface area contributed by atoms with Gasteiger partial charge in [0, 0.05) is 66.4 Å². The molecule has 0 radical (unpaired) electrons. The second kappa shape index (κ2) is 13.0. The van der Waals surface area contributed by atoms with E-state index in [9.17, 15) is 4.79 Å². The highest BCUT2D eigenvalue weighted by Crippen LogP contribution is 2.35. The molecule has 0 saturated carbocycles. The summed E-state index contributed by atoms with van der Waals surface area (Å²) < 4.78 is 26.9. The fraction of sp³-hybridized carbons (Fsp3) is 0.206. The predicted molar refractivity (Wildman–Crippen MR) is 171 cm³/mol. The minimum absolute atomic E-state index is 0.0572. The van der Waals surface area contributed by atoms with Crippen LogP contribution in [0.4, 0.5) is 21.6 Å². The number of fused-ring (bicyclic) bond motifs is 1. The highest BCUT2D eigenvalue weighted by molar-refractivity contribution is 5.95. The van der Waals surface area contributed by atoms with E-state index in [-0.39, 0.29) is 17.6 Å². The monoisotopic (exact) mass is 605 g/mol. The maximum absolute atomic E-state index is 15.4. The number of pyridine rings is 2. The standard InChI is InChI=1S/C34H32FN7O3/c1-4-33(43)42-13-10-24(11-14-42)40-30-17-26-29(18-31(30)44-3)38-20-39-34(26)41-28-8-7-25(16-27(28)35)45-32-15-22(9-12-36-32)23-6-5-21(2)37-19-23/h4-9,12,15-20,24,40H,1,10-11,13-14H2,2-3H3,(H,38,39,41). The summed E-state index contributed by atoms with van der Waals surface area (Å²) in [5, 5.41) is 7.34. The fourth-order valence-corrected chi connectivity index (χ4v) is 5.25. The molecule has 0 unspecified atom stereocenters. The summed E-state index contributed by atoms with van der Waals surface area (Å²) in [6.45, 7) is 6.78. The van der Waals surface area contributed by atoms with Crippen molar-refractivity contribution in [1.82, 2.24) is 24.8 Å². The fourth-order valence-electron chi connectivity index (χ4n) is 5.25. The van der Waals surface area contributed by atoms with Gasteiger partial charge in [0.15, 0.2) is 0 Å². The minimum Gasteiger partial charge on any atom is -0.495 e. The number of carbonyl (C=O) groups excluding carboxylic acids is 1. The zero-order valence-electron chi connectivity index (χ0n) is 25.0. The van der Waals surface area contributed by atoms with Gasteiger partial charge >= 0.3 is 0 Å². The number of carbonyl (C=O) groups is 1. The van der Waals surface area contributed by atoms with Crippen LogP contribution in [0.15, 0.2) is 86.0 Å². The van der Waals surface area contributed by atoms with E-state index in [1.54, 1.807) is 42.6 Å². The SMILES string of the molecule is C=CC(=O)N1CCC(Nc2cc3c(Nc4ccc(Oc5cc(-c6ccc(C)nc6)ccn5)cc4F)ncnc3cc2OC)CC1. The highest BCUT2D eigenvalue weighted by Gasteiger charge is 2.23. The average molecular weight is 606 g/mol. The number of hydrogen-bond acceptors (Lipinski definition) is 9. The molecule has 0 atom stereocenters. The van der Waals surface area contributed by atoms with Crippen LogP contribution in [0.3, 0.4) is 0 Å². The Morgan fingerprint density at radius 1 is 1.00 bits per heavy atom. The molecule has 2 aromatic carbocycles. The number of anilines is 3. The van der Waals surface area contributed by atoms with Crippen molar-refractivity contribution < 1.29 is 18.7 Å². The number of piperidine rings is 1. The first-order chi connectivity index (χ1) is 21.9. The Morgan fingerprint density at radius 3 is 2.58 bits per heavy atom. The van der Waals surface area contributed by atoms with E-state index < -0.39 is 5.82 Å². The maximum atomic E-state index is 15.4. The first-order valence-electron chi connectivity index (χ1n) is 14.5. The van der Waals surface area contributed by atoms with Gasteiger partial charge in [0.2, 0.25) is 11.8 Å². The van der Waals surface area contributed by atoms with Crippen molar-refractivity contribution >= 4 is 34.0 Å². The number of likely N-dealkylation sites (tertiary alicyclic amines) is 1. The third-order valence-corrected chi connectivity index (χ3v) is 7.69. The Balaban J connectivity index is 1.19. The van der Waals surface area contributed by atoms with Crippen molar-refractivity contribution in [3.63, 3.8) is 0 Å². The molecule has 4 heterocycles. The van der Waals surface area contributed by atoms with Crippen molar-refractivity contribution in [2.24, 2.45) is 0 Å². The molecular formula is C34H32FN7O3. The number of nitrogens with one attached hydrogen (secondary N) is 2. The highest BCUT2D eigenvalue weighted by atomic mass is 19.1. The number of rotatable bonds is 9. The van der Waals surface area contributed by atoms with E-state index in [4.69, 9.17) is 9.47 Å².